The zero-order chi connectivity index (χ0) is 8.81. The van der Waals surface area contributed by atoms with E-state index in [1.807, 2.05) is 18.7 Å². The van der Waals surface area contributed by atoms with Crippen molar-refractivity contribution >= 4 is 17.7 Å². The molecule has 70 valence electrons. The lowest BCUT2D eigenvalue weighted by Crippen LogP contribution is -2.07. The summed E-state index contributed by atoms with van der Waals surface area (Å²) >= 11 is 1.99. The summed E-state index contributed by atoms with van der Waals surface area (Å²) < 4.78 is 4.85. The fourth-order valence-corrected chi connectivity index (χ4v) is 2.67. The van der Waals surface area contributed by atoms with Gasteiger partial charge in [-0.1, -0.05) is 0 Å². The highest BCUT2D eigenvalue weighted by molar-refractivity contribution is 8.00. The first-order valence-corrected chi connectivity index (χ1v) is 5.65. The molecule has 0 radical (unpaired) electrons. The lowest BCUT2D eigenvalue weighted by Gasteiger charge is -2.06. The highest BCUT2D eigenvalue weighted by atomic mass is 32.2. The molecule has 1 aliphatic heterocycles. The van der Waals surface area contributed by atoms with E-state index in [0.717, 1.165) is 11.7 Å². The first kappa shape index (κ1) is 9.90. The van der Waals surface area contributed by atoms with Gasteiger partial charge in [-0.05, 0) is 31.9 Å². The molecular weight excluding hydrogens is 172 g/mol. The zero-order valence-corrected chi connectivity index (χ0v) is 8.36. The number of rotatable bonds is 4. The van der Waals surface area contributed by atoms with E-state index in [2.05, 4.69) is 0 Å². The Hall–Kier alpha value is -0.180. The highest BCUT2D eigenvalue weighted by Gasteiger charge is 2.16. The van der Waals surface area contributed by atoms with Gasteiger partial charge in [0.2, 0.25) is 0 Å². The second-order valence-electron chi connectivity index (χ2n) is 2.98. The Bertz CT molecular complexity index is 141. The molecule has 2 nitrogen and oxygen atoms in total. The molecule has 0 bridgehead atoms. The van der Waals surface area contributed by atoms with Crippen LogP contribution in [0.3, 0.4) is 0 Å². The van der Waals surface area contributed by atoms with E-state index in [4.69, 9.17) is 4.74 Å². The van der Waals surface area contributed by atoms with Crippen LogP contribution in [-0.2, 0) is 9.53 Å². The molecule has 0 N–H and O–H groups in total. The quantitative estimate of drug-likeness (QED) is 0.633. The number of ether oxygens (including phenoxy) is 1. The van der Waals surface area contributed by atoms with Crippen LogP contribution in [-0.4, -0.2) is 23.6 Å². The molecule has 3 heteroatoms. The van der Waals surface area contributed by atoms with Crippen LogP contribution in [0.2, 0.25) is 0 Å². The monoisotopic (exact) mass is 188 g/mol. The largest absolute Gasteiger partial charge is 0.466 e. The van der Waals surface area contributed by atoms with Gasteiger partial charge in [-0.3, -0.25) is 4.79 Å². The molecule has 0 aromatic carbocycles. The summed E-state index contributed by atoms with van der Waals surface area (Å²) in [5.74, 6) is 1.23. The van der Waals surface area contributed by atoms with Crippen LogP contribution < -0.4 is 0 Å². The fraction of sp³-hybridized carbons (Fsp3) is 0.889. The molecule has 0 aromatic heterocycles. The molecule has 1 fully saturated rings. The molecule has 0 aromatic rings. The van der Waals surface area contributed by atoms with Crippen LogP contribution in [0.15, 0.2) is 0 Å². The van der Waals surface area contributed by atoms with Crippen LogP contribution in [0.4, 0.5) is 0 Å². The van der Waals surface area contributed by atoms with E-state index >= 15 is 0 Å². The first-order valence-electron chi connectivity index (χ1n) is 4.60. The molecule has 1 heterocycles. The van der Waals surface area contributed by atoms with E-state index in [9.17, 15) is 4.79 Å². The third-order valence-electron chi connectivity index (χ3n) is 2.00. The van der Waals surface area contributed by atoms with Crippen molar-refractivity contribution in [1.82, 2.24) is 0 Å². The van der Waals surface area contributed by atoms with Crippen LogP contribution in [0.5, 0.6) is 0 Å². The Morgan fingerprint density at radius 1 is 1.67 bits per heavy atom. The van der Waals surface area contributed by atoms with Gasteiger partial charge < -0.3 is 4.74 Å². The zero-order valence-electron chi connectivity index (χ0n) is 7.54. The van der Waals surface area contributed by atoms with E-state index < -0.39 is 0 Å². The van der Waals surface area contributed by atoms with Gasteiger partial charge in [-0.15, -0.1) is 0 Å². The van der Waals surface area contributed by atoms with Gasteiger partial charge in [0.05, 0.1) is 6.61 Å². The molecule has 1 aliphatic rings. The Morgan fingerprint density at radius 2 is 2.50 bits per heavy atom. The smallest absolute Gasteiger partial charge is 0.305 e. The van der Waals surface area contributed by atoms with E-state index in [-0.39, 0.29) is 5.97 Å². The van der Waals surface area contributed by atoms with Crippen LogP contribution in [0, 0.1) is 0 Å². The lowest BCUT2D eigenvalue weighted by molar-refractivity contribution is -0.143. The maximum absolute atomic E-state index is 11.0. The highest BCUT2D eigenvalue weighted by Crippen LogP contribution is 2.29. The topological polar surface area (TPSA) is 26.3 Å². The van der Waals surface area contributed by atoms with Crippen molar-refractivity contribution in [3.8, 4) is 0 Å². The maximum atomic E-state index is 11.0. The Balaban J connectivity index is 2.03. The summed E-state index contributed by atoms with van der Waals surface area (Å²) in [6.45, 7) is 2.36. The van der Waals surface area contributed by atoms with Gasteiger partial charge in [0.25, 0.3) is 0 Å². The summed E-state index contributed by atoms with van der Waals surface area (Å²) in [4.78, 5) is 11.0. The molecule has 0 amide bonds. The van der Waals surface area contributed by atoms with Crippen LogP contribution >= 0.6 is 11.8 Å². The number of hydrogen-bond donors (Lipinski definition) is 0. The summed E-state index contributed by atoms with van der Waals surface area (Å²) in [5, 5.41) is 0.717. The minimum Gasteiger partial charge on any atom is -0.466 e. The lowest BCUT2D eigenvalue weighted by atomic mass is 10.1. The molecule has 12 heavy (non-hydrogen) atoms. The van der Waals surface area contributed by atoms with Crippen LogP contribution in [0.1, 0.15) is 32.6 Å². The maximum Gasteiger partial charge on any atom is 0.305 e. The van der Waals surface area contributed by atoms with Crippen molar-refractivity contribution in [2.24, 2.45) is 0 Å². The molecule has 1 unspecified atom stereocenters. The second-order valence-corrected chi connectivity index (χ2v) is 4.39. The average Bonchev–Trinajstić information content (AvgIpc) is 2.53. The molecule has 1 atom stereocenters. The second kappa shape index (κ2) is 5.46. The van der Waals surface area contributed by atoms with Crippen molar-refractivity contribution in [2.45, 2.75) is 37.9 Å². The van der Waals surface area contributed by atoms with Gasteiger partial charge in [0.1, 0.15) is 0 Å². The third kappa shape index (κ3) is 3.48. The van der Waals surface area contributed by atoms with Crippen molar-refractivity contribution in [3.63, 3.8) is 0 Å². The Morgan fingerprint density at radius 3 is 3.08 bits per heavy atom. The van der Waals surface area contributed by atoms with Gasteiger partial charge in [-0.2, -0.15) is 11.8 Å². The minimum absolute atomic E-state index is 0.0370. The van der Waals surface area contributed by atoms with Crippen molar-refractivity contribution in [1.29, 1.82) is 0 Å². The number of esters is 1. The number of hydrogen-bond acceptors (Lipinski definition) is 3. The predicted octanol–water partition coefficient (Wildman–Crippen LogP) is 2.23. The van der Waals surface area contributed by atoms with E-state index in [1.54, 1.807) is 0 Å². The summed E-state index contributed by atoms with van der Waals surface area (Å²) in [6, 6.07) is 0. The van der Waals surface area contributed by atoms with Crippen molar-refractivity contribution < 1.29 is 9.53 Å². The average molecular weight is 188 g/mol. The molecule has 0 spiro atoms. The molecule has 1 saturated heterocycles. The standard InChI is InChI=1S/C9H16O2S/c1-2-11-9(10)6-5-8-4-3-7-12-8/h8H,2-7H2,1H3. The summed E-state index contributed by atoms with van der Waals surface area (Å²) in [5.41, 5.74) is 0. The number of carbonyl (C=O) groups excluding carboxylic acids is 1. The molecule has 1 rings (SSSR count). The first-order chi connectivity index (χ1) is 5.83. The van der Waals surface area contributed by atoms with E-state index in [1.165, 1.54) is 18.6 Å². The van der Waals surface area contributed by atoms with Gasteiger partial charge >= 0.3 is 5.97 Å². The van der Waals surface area contributed by atoms with Crippen LogP contribution in [0.25, 0.3) is 0 Å². The van der Waals surface area contributed by atoms with Crippen molar-refractivity contribution in [3.05, 3.63) is 0 Å². The Kier molecular flexibility index (Phi) is 4.51. The minimum atomic E-state index is -0.0370. The molecule has 0 saturated carbocycles. The number of thioether (sulfide) groups is 1. The Labute approximate surface area is 78.1 Å². The van der Waals surface area contributed by atoms with Crippen molar-refractivity contribution in [2.75, 3.05) is 12.4 Å². The third-order valence-corrected chi connectivity index (χ3v) is 3.47. The van der Waals surface area contributed by atoms with Gasteiger partial charge in [0, 0.05) is 11.7 Å². The summed E-state index contributed by atoms with van der Waals surface area (Å²) in [6.07, 6.45) is 4.21. The summed E-state index contributed by atoms with van der Waals surface area (Å²) in [7, 11) is 0. The van der Waals surface area contributed by atoms with Gasteiger partial charge in [-0.25, -0.2) is 0 Å². The normalized spacial score (nSPS) is 22.6. The molecule has 0 aliphatic carbocycles. The SMILES string of the molecule is CCOC(=O)CCC1CCCS1. The molecular formula is C9H16O2S. The number of carbonyl (C=O) groups is 1. The fourth-order valence-electron chi connectivity index (χ4n) is 1.38. The van der Waals surface area contributed by atoms with Gasteiger partial charge in [0.15, 0.2) is 0 Å². The van der Waals surface area contributed by atoms with E-state index in [0.29, 0.717) is 13.0 Å². The predicted molar refractivity (Wildman–Crippen MR) is 51.3 cm³/mol.